The number of carbonyl (C=O) groups excluding carboxylic acids is 1. The summed E-state index contributed by atoms with van der Waals surface area (Å²) in [6, 6.07) is 8.27. The van der Waals surface area contributed by atoms with Gasteiger partial charge in [0.25, 0.3) is 5.91 Å². The van der Waals surface area contributed by atoms with Crippen LogP contribution in [0, 0.1) is 0 Å². The van der Waals surface area contributed by atoms with Crippen LogP contribution < -0.4 is 25.7 Å². The summed E-state index contributed by atoms with van der Waals surface area (Å²) < 4.78 is 11.0. The topological polar surface area (TPSA) is 105 Å². The fourth-order valence-electron chi connectivity index (χ4n) is 2.36. The van der Waals surface area contributed by atoms with Crippen molar-refractivity contribution in [2.75, 3.05) is 23.8 Å². The molecule has 8 nitrogen and oxygen atoms in total. The summed E-state index contributed by atoms with van der Waals surface area (Å²) in [4.78, 5) is 30.3. The van der Waals surface area contributed by atoms with Gasteiger partial charge in [-0.15, -0.1) is 11.3 Å². The lowest BCUT2D eigenvalue weighted by atomic mass is 10.2. The van der Waals surface area contributed by atoms with Gasteiger partial charge in [0.2, 0.25) is 5.56 Å². The number of carbonyl (C=O) groups is 1. The molecule has 0 radical (unpaired) electrons. The van der Waals surface area contributed by atoms with E-state index in [2.05, 4.69) is 20.6 Å². The predicted octanol–water partition coefficient (Wildman–Crippen LogP) is 2.60. The van der Waals surface area contributed by atoms with Gasteiger partial charge >= 0.3 is 0 Å². The van der Waals surface area contributed by atoms with E-state index in [4.69, 9.17) is 9.47 Å². The summed E-state index contributed by atoms with van der Waals surface area (Å²) >= 11 is 1.29. The molecule has 0 spiro atoms. The van der Waals surface area contributed by atoms with Crippen molar-refractivity contribution < 1.29 is 14.3 Å². The maximum Gasteiger partial charge on any atom is 0.275 e. The molecule has 0 bridgehead atoms. The normalized spacial score (nSPS) is 12.5. The Labute approximate surface area is 151 Å². The Balaban J connectivity index is 1.44. The molecule has 4 rings (SSSR count). The summed E-state index contributed by atoms with van der Waals surface area (Å²) in [6.45, 7) is 0.999. The number of fused-ring (bicyclic) bond motifs is 1. The van der Waals surface area contributed by atoms with Crippen LogP contribution >= 0.6 is 11.3 Å². The third-order valence-electron chi connectivity index (χ3n) is 3.57. The van der Waals surface area contributed by atoms with E-state index in [1.165, 1.54) is 17.4 Å². The average molecular weight is 370 g/mol. The molecule has 0 saturated carbocycles. The number of aromatic nitrogens is 2. The third-order valence-corrected chi connectivity index (χ3v) is 4.33. The number of nitrogens with one attached hydrogen (secondary N) is 3. The first-order chi connectivity index (χ1) is 12.7. The van der Waals surface area contributed by atoms with Crippen molar-refractivity contribution in [1.82, 2.24) is 9.97 Å². The van der Waals surface area contributed by atoms with Gasteiger partial charge in [-0.1, -0.05) is 0 Å². The van der Waals surface area contributed by atoms with Crippen LogP contribution in [0.1, 0.15) is 10.5 Å². The number of hydrogen-bond donors (Lipinski definition) is 3. The maximum absolute atomic E-state index is 12.4. The lowest BCUT2D eigenvalue weighted by Gasteiger charge is -2.18. The second-order valence-corrected chi connectivity index (χ2v) is 6.28. The summed E-state index contributed by atoms with van der Waals surface area (Å²) in [5.41, 5.74) is 1.38. The number of H-pyrrole nitrogens is 1. The van der Waals surface area contributed by atoms with Gasteiger partial charge < -0.3 is 25.1 Å². The smallest absolute Gasteiger partial charge is 0.275 e. The molecule has 1 aliphatic rings. The van der Waals surface area contributed by atoms with Gasteiger partial charge in [0, 0.05) is 29.4 Å². The van der Waals surface area contributed by atoms with Crippen LogP contribution in [0.4, 0.5) is 16.5 Å². The van der Waals surface area contributed by atoms with Crippen molar-refractivity contribution in [3.8, 4) is 11.5 Å². The highest BCUT2D eigenvalue weighted by atomic mass is 32.1. The molecule has 1 aromatic carbocycles. The molecule has 1 aliphatic heterocycles. The van der Waals surface area contributed by atoms with Crippen LogP contribution in [0.5, 0.6) is 11.5 Å². The molecule has 0 fully saturated rings. The van der Waals surface area contributed by atoms with E-state index in [0.29, 0.717) is 41.2 Å². The molecule has 0 aliphatic carbocycles. The van der Waals surface area contributed by atoms with Crippen molar-refractivity contribution >= 4 is 33.8 Å². The molecule has 0 atom stereocenters. The first-order valence-electron chi connectivity index (χ1n) is 7.80. The van der Waals surface area contributed by atoms with E-state index < -0.39 is 0 Å². The van der Waals surface area contributed by atoms with Crippen LogP contribution in [-0.2, 0) is 0 Å². The SMILES string of the molecule is O=C(Nc1ccc2c(c1)OCCO2)c1csc(Nc2ccc(=O)[nH]c2)n1. The number of hydrogen-bond acceptors (Lipinski definition) is 7. The fourth-order valence-corrected chi connectivity index (χ4v) is 3.07. The molecule has 26 heavy (non-hydrogen) atoms. The molecule has 3 aromatic rings. The molecule has 132 valence electrons. The number of aromatic amines is 1. The Morgan fingerprint density at radius 1 is 1.12 bits per heavy atom. The van der Waals surface area contributed by atoms with Crippen molar-refractivity contribution in [3.63, 3.8) is 0 Å². The van der Waals surface area contributed by atoms with E-state index >= 15 is 0 Å². The predicted molar refractivity (Wildman–Crippen MR) is 97.8 cm³/mol. The summed E-state index contributed by atoms with van der Waals surface area (Å²) in [7, 11) is 0. The molecule has 3 heterocycles. The van der Waals surface area contributed by atoms with Crippen molar-refractivity contribution in [1.29, 1.82) is 0 Å². The number of nitrogens with zero attached hydrogens (tertiary/aromatic N) is 1. The van der Waals surface area contributed by atoms with Gasteiger partial charge in [0.05, 0.1) is 5.69 Å². The van der Waals surface area contributed by atoms with Crippen LogP contribution in [0.3, 0.4) is 0 Å². The van der Waals surface area contributed by atoms with Gasteiger partial charge in [-0.25, -0.2) is 4.98 Å². The zero-order valence-electron chi connectivity index (χ0n) is 13.4. The minimum atomic E-state index is -0.326. The van der Waals surface area contributed by atoms with E-state index in [9.17, 15) is 9.59 Å². The number of pyridine rings is 1. The Hall–Kier alpha value is -3.33. The van der Waals surface area contributed by atoms with Crippen LogP contribution in [0.2, 0.25) is 0 Å². The van der Waals surface area contributed by atoms with Crippen LogP contribution in [0.15, 0.2) is 46.7 Å². The Kier molecular flexibility index (Phi) is 4.28. The van der Waals surface area contributed by atoms with E-state index in [-0.39, 0.29) is 17.2 Å². The van der Waals surface area contributed by atoms with Gasteiger partial charge in [-0.2, -0.15) is 0 Å². The Morgan fingerprint density at radius 2 is 1.92 bits per heavy atom. The summed E-state index contributed by atoms with van der Waals surface area (Å²) in [5, 5.41) is 8.02. The number of ether oxygens (including phenoxy) is 2. The number of thiazole rings is 1. The van der Waals surface area contributed by atoms with Gasteiger partial charge in [0.1, 0.15) is 18.9 Å². The van der Waals surface area contributed by atoms with E-state index in [1.54, 1.807) is 35.8 Å². The summed E-state index contributed by atoms with van der Waals surface area (Å²) in [5.74, 6) is 0.940. The zero-order valence-corrected chi connectivity index (χ0v) is 14.3. The number of benzene rings is 1. The monoisotopic (exact) mass is 370 g/mol. The maximum atomic E-state index is 12.4. The zero-order chi connectivity index (χ0) is 17.9. The largest absolute Gasteiger partial charge is 0.486 e. The Bertz CT molecular complexity index is 993. The molecule has 2 aromatic heterocycles. The molecule has 0 saturated heterocycles. The number of rotatable bonds is 4. The highest BCUT2D eigenvalue weighted by Gasteiger charge is 2.15. The van der Waals surface area contributed by atoms with Gasteiger partial charge in [-0.05, 0) is 18.2 Å². The average Bonchev–Trinajstić information content (AvgIpc) is 3.12. The minimum absolute atomic E-state index is 0.186. The van der Waals surface area contributed by atoms with Crippen molar-refractivity contribution in [2.24, 2.45) is 0 Å². The standard InChI is InChI=1S/C17H14N4O4S/c22-15-4-2-11(8-18-15)20-17-21-12(9-26-17)16(23)19-10-1-3-13-14(7-10)25-6-5-24-13/h1-4,7-9H,5-6H2,(H,18,22)(H,19,23)(H,20,21). The Morgan fingerprint density at radius 3 is 2.73 bits per heavy atom. The molecule has 0 unspecified atom stereocenters. The number of amides is 1. The van der Waals surface area contributed by atoms with Crippen LogP contribution in [0.25, 0.3) is 0 Å². The lowest BCUT2D eigenvalue weighted by molar-refractivity contribution is 0.102. The van der Waals surface area contributed by atoms with Crippen molar-refractivity contribution in [2.45, 2.75) is 0 Å². The second kappa shape index (κ2) is 6.89. The van der Waals surface area contributed by atoms with Crippen LogP contribution in [-0.4, -0.2) is 29.1 Å². The molecule has 9 heteroatoms. The minimum Gasteiger partial charge on any atom is -0.486 e. The first-order valence-corrected chi connectivity index (χ1v) is 8.68. The first kappa shape index (κ1) is 16.2. The number of anilines is 3. The second-order valence-electron chi connectivity index (χ2n) is 5.42. The van der Waals surface area contributed by atoms with E-state index in [0.717, 1.165) is 0 Å². The fraction of sp³-hybridized carbons (Fsp3) is 0.118. The molecular formula is C17H14N4O4S. The highest BCUT2D eigenvalue weighted by Crippen LogP contribution is 2.32. The van der Waals surface area contributed by atoms with Gasteiger partial charge in [0.15, 0.2) is 16.6 Å². The molecule has 1 amide bonds. The molecular weight excluding hydrogens is 356 g/mol. The van der Waals surface area contributed by atoms with E-state index in [1.807, 2.05) is 0 Å². The third kappa shape index (κ3) is 3.52. The quantitative estimate of drug-likeness (QED) is 0.652. The highest BCUT2D eigenvalue weighted by molar-refractivity contribution is 7.14. The van der Waals surface area contributed by atoms with Gasteiger partial charge in [-0.3, -0.25) is 9.59 Å². The molecule has 3 N–H and O–H groups in total. The lowest BCUT2D eigenvalue weighted by Crippen LogP contribution is -2.16. The van der Waals surface area contributed by atoms with Crippen molar-refractivity contribution in [3.05, 3.63) is 58.0 Å². The summed E-state index contributed by atoms with van der Waals surface area (Å²) in [6.07, 6.45) is 1.54.